The van der Waals surface area contributed by atoms with E-state index in [0.717, 1.165) is 12.8 Å². The van der Waals surface area contributed by atoms with Gasteiger partial charge in [-0.2, -0.15) is 0 Å². The first-order valence-corrected chi connectivity index (χ1v) is 5.28. The molecule has 1 saturated heterocycles. The molecule has 2 atom stereocenters. The highest BCUT2D eigenvalue weighted by atomic mass is 16.4. The molecule has 1 amide bonds. The number of amides is 1. The first-order chi connectivity index (χ1) is 7.06. The number of carboxylic acid groups (broad SMARTS) is 1. The highest BCUT2D eigenvalue weighted by Gasteiger charge is 2.31. The third-order valence-electron chi connectivity index (χ3n) is 2.85. The van der Waals surface area contributed by atoms with Crippen molar-refractivity contribution in [1.29, 1.82) is 0 Å². The summed E-state index contributed by atoms with van der Waals surface area (Å²) >= 11 is 0. The third-order valence-corrected chi connectivity index (χ3v) is 2.85. The monoisotopic (exact) mass is 214 g/mol. The molecule has 1 rings (SSSR count). The number of likely N-dealkylation sites (tertiary alicyclic amines) is 1. The van der Waals surface area contributed by atoms with Crippen molar-refractivity contribution < 1.29 is 14.7 Å². The molecule has 0 bridgehead atoms. The van der Waals surface area contributed by atoms with Gasteiger partial charge in [0.1, 0.15) is 0 Å². The van der Waals surface area contributed by atoms with Gasteiger partial charge in [-0.15, -0.1) is 0 Å². The Morgan fingerprint density at radius 3 is 2.80 bits per heavy atom. The summed E-state index contributed by atoms with van der Waals surface area (Å²) in [7, 11) is 0. The fraction of sp³-hybridized carbons (Fsp3) is 0.800. The van der Waals surface area contributed by atoms with Gasteiger partial charge in [-0.05, 0) is 12.8 Å². The molecule has 0 aromatic carbocycles. The maximum Gasteiger partial charge on any atom is 0.305 e. The summed E-state index contributed by atoms with van der Waals surface area (Å²) < 4.78 is 0. The average molecular weight is 214 g/mol. The normalized spacial score (nSPS) is 22.8. The van der Waals surface area contributed by atoms with Gasteiger partial charge in [0.25, 0.3) is 0 Å². The van der Waals surface area contributed by atoms with Crippen molar-refractivity contribution in [3.63, 3.8) is 0 Å². The van der Waals surface area contributed by atoms with E-state index in [0.29, 0.717) is 13.1 Å². The van der Waals surface area contributed by atoms with Crippen molar-refractivity contribution in [2.75, 3.05) is 13.1 Å². The molecule has 1 heterocycles. The maximum absolute atomic E-state index is 11.8. The topological polar surface area (TPSA) is 83.6 Å². The maximum atomic E-state index is 11.8. The molecule has 3 N–H and O–H groups in total. The molecule has 86 valence electrons. The van der Waals surface area contributed by atoms with Crippen LogP contribution in [0.2, 0.25) is 0 Å². The van der Waals surface area contributed by atoms with Crippen LogP contribution in [0.3, 0.4) is 0 Å². The Kier molecular flexibility index (Phi) is 4.08. The largest absolute Gasteiger partial charge is 0.481 e. The SMILES string of the molecule is CC(CN)C(=O)N1CCCC1CC(=O)O. The quantitative estimate of drug-likeness (QED) is 0.692. The first-order valence-electron chi connectivity index (χ1n) is 5.28. The Morgan fingerprint density at radius 2 is 2.27 bits per heavy atom. The lowest BCUT2D eigenvalue weighted by molar-refractivity contribution is -0.140. The van der Waals surface area contributed by atoms with Gasteiger partial charge >= 0.3 is 5.97 Å². The smallest absolute Gasteiger partial charge is 0.305 e. The minimum Gasteiger partial charge on any atom is -0.481 e. The zero-order chi connectivity index (χ0) is 11.4. The number of rotatable bonds is 4. The van der Waals surface area contributed by atoms with Gasteiger partial charge in [-0.25, -0.2) is 0 Å². The van der Waals surface area contributed by atoms with Crippen LogP contribution in [0, 0.1) is 5.92 Å². The summed E-state index contributed by atoms with van der Waals surface area (Å²) in [5, 5.41) is 8.71. The molecule has 0 radical (unpaired) electrons. The van der Waals surface area contributed by atoms with Crippen LogP contribution < -0.4 is 5.73 Å². The summed E-state index contributed by atoms with van der Waals surface area (Å²) in [5.74, 6) is -1.07. The molecule has 1 fully saturated rings. The molecule has 0 spiro atoms. The number of hydrogen-bond donors (Lipinski definition) is 2. The van der Waals surface area contributed by atoms with Crippen molar-refractivity contribution in [3.8, 4) is 0 Å². The molecular weight excluding hydrogens is 196 g/mol. The van der Waals surface area contributed by atoms with Crippen LogP contribution in [0.25, 0.3) is 0 Å². The summed E-state index contributed by atoms with van der Waals surface area (Å²) in [6.07, 6.45) is 1.72. The average Bonchev–Trinajstić information content (AvgIpc) is 2.62. The molecule has 0 aliphatic carbocycles. The molecule has 15 heavy (non-hydrogen) atoms. The van der Waals surface area contributed by atoms with Gasteiger partial charge in [0.15, 0.2) is 0 Å². The molecule has 2 unspecified atom stereocenters. The number of nitrogens with two attached hydrogens (primary N) is 1. The Hall–Kier alpha value is -1.10. The Bertz CT molecular complexity index is 255. The van der Waals surface area contributed by atoms with Crippen molar-refractivity contribution in [3.05, 3.63) is 0 Å². The molecule has 0 aromatic rings. The molecular formula is C10H18N2O3. The standard InChI is InChI=1S/C10H18N2O3/c1-7(6-11)10(15)12-4-2-3-8(12)5-9(13)14/h7-8H,2-6,11H2,1H3,(H,13,14). The molecule has 0 aromatic heterocycles. The Labute approximate surface area is 89.2 Å². The van der Waals surface area contributed by atoms with E-state index in [-0.39, 0.29) is 24.3 Å². The summed E-state index contributed by atoms with van der Waals surface area (Å²) in [5.41, 5.74) is 5.42. The van der Waals surface area contributed by atoms with Gasteiger partial charge in [-0.3, -0.25) is 9.59 Å². The van der Waals surface area contributed by atoms with E-state index < -0.39 is 5.97 Å². The van der Waals surface area contributed by atoms with Crippen LogP contribution in [-0.2, 0) is 9.59 Å². The van der Waals surface area contributed by atoms with Gasteiger partial charge in [0.2, 0.25) is 5.91 Å². The summed E-state index contributed by atoms with van der Waals surface area (Å²) in [6, 6.07) is -0.135. The highest BCUT2D eigenvalue weighted by molar-refractivity contribution is 5.80. The molecule has 1 aliphatic heterocycles. The van der Waals surface area contributed by atoms with E-state index in [4.69, 9.17) is 10.8 Å². The predicted octanol–water partition coefficient (Wildman–Crippen LogP) is 0.0469. The lowest BCUT2D eigenvalue weighted by Crippen LogP contribution is -2.41. The van der Waals surface area contributed by atoms with Crippen LogP contribution in [0.15, 0.2) is 0 Å². The van der Waals surface area contributed by atoms with Gasteiger partial charge in [-0.1, -0.05) is 6.92 Å². The summed E-state index contributed by atoms with van der Waals surface area (Å²) in [6.45, 7) is 2.76. The molecule has 0 saturated carbocycles. The zero-order valence-electron chi connectivity index (χ0n) is 8.98. The van der Waals surface area contributed by atoms with Gasteiger partial charge in [0.05, 0.1) is 6.42 Å². The molecule has 5 heteroatoms. The molecule has 1 aliphatic rings. The number of nitrogens with zero attached hydrogens (tertiary/aromatic N) is 1. The van der Waals surface area contributed by atoms with Crippen molar-refractivity contribution in [2.24, 2.45) is 11.7 Å². The van der Waals surface area contributed by atoms with E-state index in [2.05, 4.69) is 0 Å². The van der Waals surface area contributed by atoms with Crippen LogP contribution in [0.5, 0.6) is 0 Å². The second-order valence-electron chi connectivity index (χ2n) is 4.06. The highest BCUT2D eigenvalue weighted by Crippen LogP contribution is 2.21. The minimum absolute atomic E-state index is 0.0127. The number of hydrogen-bond acceptors (Lipinski definition) is 3. The number of carbonyl (C=O) groups excluding carboxylic acids is 1. The fourth-order valence-electron chi connectivity index (χ4n) is 1.92. The van der Waals surface area contributed by atoms with E-state index in [1.807, 2.05) is 0 Å². The van der Waals surface area contributed by atoms with Crippen LogP contribution in [0.4, 0.5) is 0 Å². The summed E-state index contributed by atoms with van der Waals surface area (Å²) in [4.78, 5) is 24.1. The van der Waals surface area contributed by atoms with E-state index in [1.54, 1.807) is 11.8 Å². The Balaban J connectivity index is 2.59. The minimum atomic E-state index is -0.847. The second-order valence-corrected chi connectivity index (χ2v) is 4.06. The van der Waals surface area contributed by atoms with Crippen LogP contribution in [0.1, 0.15) is 26.2 Å². The third kappa shape index (κ3) is 2.92. The molecule has 5 nitrogen and oxygen atoms in total. The van der Waals surface area contributed by atoms with Gasteiger partial charge < -0.3 is 15.7 Å². The van der Waals surface area contributed by atoms with Crippen molar-refractivity contribution in [2.45, 2.75) is 32.2 Å². The number of carboxylic acids is 1. The van der Waals surface area contributed by atoms with Crippen LogP contribution in [-0.4, -0.2) is 41.0 Å². The van der Waals surface area contributed by atoms with Gasteiger partial charge in [0, 0.05) is 25.0 Å². The van der Waals surface area contributed by atoms with E-state index in [9.17, 15) is 9.59 Å². The predicted molar refractivity (Wildman–Crippen MR) is 55.2 cm³/mol. The lowest BCUT2D eigenvalue weighted by Gasteiger charge is -2.26. The first kappa shape index (κ1) is 12.0. The Morgan fingerprint density at radius 1 is 1.60 bits per heavy atom. The fourth-order valence-corrected chi connectivity index (χ4v) is 1.92. The van der Waals surface area contributed by atoms with E-state index in [1.165, 1.54) is 0 Å². The van der Waals surface area contributed by atoms with Crippen LogP contribution >= 0.6 is 0 Å². The zero-order valence-corrected chi connectivity index (χ0v) is 8.98. The number of carbonyl (C=O) groups is 2. The second kappa shape index (κ2) is 5.11. The van der Waals surface area contributed by atoms with Crippen molar-refractivity contribution >= 4 is 11.9 Å². The van der Waals surface area contributed by atoms with E-state index >= 15 is 0 Å². The van der Waals surface area contributed by atoms with Crippen molar-refractivity contribution in [1.82, 2.24) is 4.90 Å². The number of aliphatic carboxylic acids is 1. The lowest BCUT2D eigenvalue weighted by atomic mass is 10.1.